The standard InChI is InChI=1S/C19H16F3N5O/c1-12(28)24-14-6-8-16(9-7-14)26-18-23-11-10-17(27-18)25-15-4-2-13(3-5-15)19(20,21)22/h2-11H,1H3,(H,24,28)(H2,23,25,26,27). The van der Waals surface area contributed by atoms with E-state index in [9.17, 15) is 18.0 Å². The fraction of sp³-hybridized carbons (Fsp3) is 0.105. The Morgan fingerprint density at radius 1 is 0.857 bits per heavy atom. The molecule has 144 valence electrons. The lowest BCUT2D eigenvalue weighted by Crippen LogP contribution is -2.05. The second kappa shape index (κ2) is 7.95. The van der Waals surface area contributed by atoms with E-state index < -0.39 is 11.7 Å². The lowest BCUT2D eigenvalue weighted by molar-refractivity contribution is -0.137. The Morgan fingerprint density at radius 3 is 2.04 bits per heavy atom. The number of carbonyl (C=O) groups excluding carboxylic acids is 1. The number of halogens is 3. The number of anilines is 5. The van der Waals surface area contributed by atoms with Crippen molar-refractivity contribution in [2.24, 2.45) is 0 Å². The maximum Gasteiger partial charge on any atom is 0.416 e. The van der Waals surface area contributed by atoms with Crippen LogP contribution in [0.15, 0.2) is 60.8 Å². The van der Waals surface area contributed by atoms with Crippen LogP contribution in [-0.2, 0) is 11.0 Å². The molecule has 6 nitrogen and oxygen atoms in total. The van der Waals surface area contributed by atoms with E-state index in [-0.39, 0.29) is 5.91 Å². The van der Waals surface area contributed by atoms with E-state index in [1.807, 2.05) is 0 Å². The summed E-state index contributed by atoms with van der Waals surface area (Å²) in [5.41, 5.74) is 1.13. The first kappa shape index (κ1) is 19.2. The summed E-state index contributed by atoms with van der Waals surface area (Å²) in [6.07, 6.45) is -2.85. The van der Waals surface area contributed by atoms with Crippen molar-refractivity contribution in [3.8, 4) is 0 Å². The number of alkyl halides is 3. The molecule has 1 heterocycles. The van der Waals surface area contributed by atoms with E-state index in [1.165, 1.54) is 25.3 Å². The zero-order valence-corrected chi connectivity index (χ0v) is 14.7. The summed E-state index contributed by atoms with van der Waals surface area (Å²) in [7, 11) is 0. The molecule has 0 saturated carbocycles. The SMILES string of the molecule is CC(=O)Nc1ccc(Nc2nccc(Nc3ccc(C(F)(F)F)cc3)n2)cc1. The number of aromatic nitrogens is 2. The highest BCUT2D eigenvalue weighted by Gasteiger charge is 2.29. The molecule has 1 amide bonds. The van der Waals surface area contributed by atoms with Crippen molar-refractivity contribution < 1.29 is 18.0 Å². The van der Waals surface area contributed by atoms with E-state index in [2.05, 4.69) is 25.9 Å². The molecular formula is C19H16F3N5O. The van der Waals surface area contributed by atoms with Gasteiger partial charge in [-0.1, -0.05) is 0 Å². The molecule has 0 fully saturated rings. The van der Waals surface area contributed by atoms with Crippen LogP contribution in [0.4, 0.5) is 42.0 Å². The van der Waals surface area contributed by atoms with Gasteiger partial charge in [-0.2, -0.15) is 18.2 Å². The summed E-state index contributed by atoms with van der Waals surface area (Å²) in [5.74, 6) is 0.572. The second-order valence-corrected chi connectivity index (χ2v) is 5.85. The smallest absolute Gasteiger partial charge is 0.340 e. The molecule has 0 saturated heterocycles. The Labute approximate surface area is 158 Å². The first-order chi connectivity index (χ1) is 13.3. The molecule has 2 aromatic carbocycles. The maximum absolute atomic E-state index is 12.6. The Bertz CT molecular complexity index is 957. The van der Waals surface area contributed by atoms with Crippen LogP contribution < -0.4 is 16.0 Å². The largest absolute Gasteiger partial charge is 0.416 e. The van der Waals surface area contributed by atoms with Crippen LogP contribution >= 0.6 is 0 Å². The Hall–Kier alpha value is -3.62. The van der Waals surface area contributed by atoms with Gasteiger partial charge in [0.1, 0.15) is 5.82 Å². The van der Waals surface area contributed by atoms with Gasteiger partial charge in [-0.05, 0) is 54.6 Å². The average Bonchev–Trinajstić information content (AvgIpc) is 2.63. The second-order valence-electron chi connectivity index (χ2n) is 5.85. The first-order valence-electron chi connectivity index (χ1n) is 8.21. The summed E-state index contributed by atoms with van der Waals surface area (Å²) >= 11 is 0. The topological polar surface area (TPSA) is 78.9 Å². The Kier molecular flexibility index (Phi) is 5.44. The molecule has 0 bridgehead atoms. The highest BCUT2D eigenvalue weighted by atomic mass is 19.4. The van der Waals surface area contributed by atoms with E-state index >= 15 is 0 Å². The number of hydrogen-bond donors (Lipinski definition) is 3. The highest BCUT2D eigenvalue weighted by Crippen LogP contribution is 2.30. The Morgan fingerprint density at radius 2 is 1.43 bits per heavy atom. The molecular weight excluding hydrogens is 371 g/mol. The number of nitrogens with one attached hydrogen (secondary N) is 3. The number of hydrogen-bond acceptors (Lipinski definition) is 5. The minimum absolute atomic E-state index is 0.161. The Balaban J connectivity index is 1.67. The van der Waals surface area contributed by atoms with Gasteiger partial charge in [0.15, 0.2) is 0 Å². The fourth-order valence-corrected chi connectivity index (χ4v) is 2.35. The number of nitrogens with zero attached hydrogens (tertiary/aromatic N) is 2. The first-order valence-corrected chi connectivity index (χ1v) is 8.21. The molecule has 3 N–H and O–H groups in total. The average molecular weight is 387 g/mol. The van der Waals surface area contributed by atoms with Crippen molar-refractivity contribution in [2.75, 3.05) is 16.0 Å². The van der Waals surface area contributed by atoms with E-state index in [0.717, 1.165) is 12.1 Å². The monoisotopic (exact) mass is 387 g/mol. The molecule has 0 spiro atoms. The van der Waals surface area contributed by atoms with E-state index in [4.69, 9.17) is 0 Å². The van der Waals surface area contributed by atoms with Gasteiger partial charge in [0.2, 0.25) is 11.9 Å². The lowest BCUT2D eigenvalue weighted by atomic mass is 10.2. The molecule has 9 heteroatoms. The van der Waals surface area contributed by atoms with Crippen molar-refractivity contribution >= 4 is 34.7 Å². The quantitative estimate of drug-likeness (QED) is 0.578. The predicted octanol–water partition coefficient (Wildman–Crippen LogP) is 4.94. The van der Waals surface area contributed by atoms with Crippen LogP contribution in [0.25, 0.3) is 0 Å². The third kappa shape index (κ3) is 5.19. The number of amides is 1. The van der Waals surface area contributed by atoms with Crippen molar-refractivity contribution in [3.05, 3.63) is 66.4 Å². The van der Waals surface area contributed by atoms with Gasteiger partial charge in [0.25, 0.3) is 0 Å². The zero-order chi connectivity index (χ0) is 20.1. The molecule has 28 heavy (non-hydrogen) atoms. The van der Waals surface area contributed by atoms with Gasteiger partial charge in [-0.3, -0.25) is 4.79 Å². The molecule has 0 radical (unpaired) electrons. The third-order valence-electron chi connectivity index (χ3n) is 3.60. The van der Waals surface area contributed by atoms with Crippen molar-refractivity contribution in [1.29, 1.82) is 0 Å². The summed E-state index contributed by atoms with van der Waals surface area (Å²) in [6.45, 7) is 1.43. The van der Waals surface area contributed by atoms with Gasteiger partial charge in [0.05, 0.1) is 5.56 Å². The van der Waals surface area contributed by atoms with Crippen LogP contribution in [0.1, 0.15) is 12.5 Å². The van der Waals surface area contributed by atoms with Gasteiger partial charge in [-0.25, -0.2) is 4.98 Å². The molecule has 0 aliphatic rings. The number of carbonyl (C=O) groups is 1. The summed E-state index contributed by atoms with van der Waals surface area (Å²) in [5, 5.41) is 8.62. The molecule has 0 aliphatic carbocycles. The molecule has 3 aromatic rings. The van der Waals surface area contributed by atoms with Crippen molar-refractivity contribution in [2.45, 2.75) is 13.1 Å². The fourth-order valence-electron chi connectivity index (χ4n) is 2.35. The summed E-state index contributed by atoms with van der Waals surface area (Å²) in [4.78, 5) is 19.4. The van der Waals surface area contributed by atoms with Crippen LogP contribution in [-0.4, -0.2) is 15.9 Å². The molecule has 0 unspecified atom stereocenters. The lowest BCUT2D eigenvalue weighted by Gasteiger charge is -2.10. The van der Waals surface area contributed by atoms with Crippen LogP contribution in [0.5, 0.6) is 0 Å². The van der Waals surface area contributed by atoms with Gasteiger partial charge >= 0.3 is 6.18 Å². The summed E-state index contributed by atoms with van der Waals surface area (Å²) in [6, 6.07) is 13.2. The predicted molar refractivity (Wildman–Crippen MR) is 101 cm³/mol. The molecule has 0 aliphatic heterocycles. The summed E-state index contributed by atoms with van der Waals surface area (Å²) < 4.78 is 37.9. The zero-order valence-electron chi connectivity index (χ0n) is 14.7. The number of benzene rings is 2. The highest BCUT2D eigenvalue weighted by molar-refractivity contribution is 5.88. The van der Waals surface area contributed by atoms with Crippen molar-refractivity contribution in [1.82, 2.24) is 9.97 Å². The maximum atomic E-state index is 12.6. The molecule has 0 atom stereocenters. The minimum atomic E-state index is -4.37. The van der Waals surface area contributed by atoms with E-state index in [0.29, 0.717) is 28.8 Å². The van der Waals surface area contributed by atoms with Crippen molar-refractivity contribution in [3.63, 3.8) is 0 Å². The van der Waals surface area contributed by atoms with Gasteiger partial charge in [-0.15, -0.1) is 0 Å². The van der Waals surface area contributed by atoms with Gasteiger partial charge < -0.3 is 16.0 Å². The van der Waals surface area contributed by atoms with Crippen LogP contribution in [0.3, 0.4) is 0 Å². The molecule has 3 rings (SSSR count). The minimum Gasteiger partial charge on any atom is -0.340 e. The van der Waals surface area contributed by atoms with E-state index in [1.54, 1.807) is 30.3 Å². The van der Waals surface area contributed by atoms with Gasteiger partial charge in [0, 0.05) is 30.2 Å². The molecule has 1 aromatic heterocycles. The third-order valence-corrected chi connectivity index (χ3v) is 3.60. The normalized spacial score (nSPS) is 11.0. The van der Waals surface area contributed by atoms with Crippen LogP contribution in [0.2, 0.25) is 0 Å². The van der Waals surface area contributed by atoms with Crippen LogP contribution in [0, 0.1) is 0 Å². The number of rotatable bonds is 5.